The lowest BCUT2D eigenvalue weighted by molar-refractivity contribution is -0.118. The monoisotopic (exact) mass is 360 g/mol. The van der Waals surface area contributed by atoms with Crippen LogP contribution in [0, 0.1) is 0 Å². The minimum absolute atomic E-state index is 0.0708. The number of hydrogen-bond acceptors (Lipinski definition) is 4. The first kappa shape index (κ1) is 18.8. The summed E-state index contributed by atoms with van der Waals surface area (Å²) in [4.78, 5) is 25.6. The van der Waals surface area contributed by atoms with Gasteiger partial charge in [-0.05, 0) is 42.5 Å². The molecular formula is C19H21ClN2O3. The van der Waals surface area contributed by atoms with Crippen molar-refractivity contribution >= 4 is 34.7 Å². The van der Waals surface area contributed by atoms with Crippen LogP contribution in [0.5, 0.6) is 5.75 Å². The standard InChI is InChI=1S/C19H21ClN2O3/c1-4-18(23)13-5-8-15(9-6-13)25-12-19(24)21-16-11-14(20)7-10-17(16)22(2)3/h5-11H,4,12H2,1-3H3,(H,21,24). The molecule has 0 spiro atoms. The van der Waals surface area contributed by atoms with Gasteiger partial charge in [0.05, 0.1) is 11.4 Å². The topological polar surface area (TPSA) is 58.6 Å². The number of amides is 1. The highest BCUT2D eigenvalue weighted by Gasteiger charge is 2.10. The summed E-state index contributed by atoms with van der Waals surface area (Å²) in [5, 5.41) is 3.34. The van der Waals surface area contributed by atoms with Gasteiger partial charge in [-0.1, -0.05) is 18.5 Å². The maximum absolute atomic E-state index is 12.1. The number of nitrogens with one attached hydrogen (secondary N) is 1. The fourth-order valence-electron chi connectivity index (χ4n) is 2.27. The molecule has 0 aromatic heterocycles. The highest BCUT2D eigenvalue weighted by molar-refractivity contribution is 6.31. The molecule has 0 saturated carbocycles. The number of ether oxygens (including phenoxy) is 1. The minimum Gasteiger partial charge on any atom is -0.484 e. The Kier molecular flexibility index (Phi) is 6.42. The van der Waals surface area contributed by atoms with E-state index in [0.717, 1.165) is 5.69 Å². The van der Waals surface area contributed by atoms with E-state index in [0.29, 0.717) is 28.4 Å². The Balaban J connectivity index is 1.97. The van der Waals surface area contributed by atoms with Crippen molar-refractivity contribution in [2.24, 2.45) is 0 Å². The van der Waals surface area contributed by atoms with Gasteiger partial charge in [-0.3, -0.25) is 9.59 Å². The van der Waals surface area contributed by atoms with Crippen molar-refractivity contribution in [3.8, 4) is 5.75 Å². The van der Waals surface area contributed by atoms with Crippen LogP contribution in [0.25, 0.3) is 0 Å². The van der Waals surface area contributed by atoms with Crippen molar-refractivity contribution in [1.82, 2.24) is 0 Å². The van der Waals surface area contributed by atoms with Crippen LogP contribution in [-0.4, -0.2) is 32.4 Å². The van der Waals surface area contributed by atoms with Crippen molar-refractivity contribution in [3.63, 3.8) is 0 Å². The first-order valence-electron chi connectivity index (χ1n) is 7.93. The van der Waals surface area contributed by atoms with Gasteiger partial charge in [0.2, 0.25) is 0 Å². The number of carbonyl (C=O) groups is 2. The van der Waals surface area contributed by atoms with Crippen LogP contribution in [0.15, 0.2) is 42.5 Å². The predicted molar refractivity (Wildman–Crippen MR) is 101 cm³/mol. The number of anilines is 2. The molecule has 0 atom stereocenters. The lowest BCUT2D eigenvalue weighted by Gasteiger charge is -2.18. The van der Waals surface area contributed by atoms with Crippen molar-refractivity contribution in [1.29, 1.82) is 0 Å². The van der Waals surface area contributed by atoms with Crippen LogP contribution in [-0.2, 0) is 4.79 Å². The summed E-state index contributed by atoms with van der Waals surface area (Å²) in [6.45, 7) is 1.68. The first-order chi connectivity index (χ1) is 11.9. The summed E-state index contributed by atoms with van der Waals surface area (Å²) in [5.41, 5.74) is 2.10. The Bertz CT molecular complexity index is 758. The van der Waals surface area contributed by atoms with E-state index in [-0.39, 0.29) is 18.3 Å². The van der Waals surface area contributed by atoms with Gasteiger partial charge in [-0.25, -0.2) is 0 Å². The Morgan fingerprint density at radius 1 is 1.12 bits per heavy atom. The van der Waals surface area contributed by atoms with Crippen LogP contribution in [0.1, 0.15) is 23.7 Å². The van der Waals surface area contributed by atoms with Gasteiger partial charge in [0.25, 0.3) is 5.91 Å². The van der Waals surface area contributed by atoms with Gasteiger partial charge in [0, 0.05) is 31.1 Å². The zero-order valence-electron chi connectivity index (χ0n) is 14.5. The van der Waals surface area contributed by atoms with Crippen LogP contribution in [0.4, 0.5) is 11.4 Å². The summed E-state index contributed by atoms with van der Waals surface area (Å²) in [7, 11) is 3.77. The van der Waals surface area contributed by atoms with E-state index in [1.165, 1.54) is 0 Å². The third-order valence-electron chi connectivity index (χ3n) is 3.58. The maximum Gasteiger partial charge on any atom is 0.262 e. The van der Waals surface area contributed by atoms with E-state index in [9.17, 15) is 9.59 Å². The Morgan fingerprint density at radius 2 is 1.80 bits per heavy atom. The Morgan fingerprint density at radius 3 is 2.40 bits per heavy atom. The molecule has 0 bridgehead atoms. The molecule has 5 nitrogen and oxygen atoms in total. The average molecular weight is 361 g/mol. The van der Waals surface area contributed by atoms with Gasteiger partial charge >= 0.3 is 0 Å². The second-order valence-corrected chi connectivity index (χ2v) is 6.13. The smallest absolute Gasteiger partial charge is 0.262 e. The summed E-state index contributed by atoms with van der Waals surface area (Å²) >= 11 is 6.00. The molecule has 0 saturated heterocycles. The number of halogens is 1. The number of benzene rings is 2. The van der Waals surface area contributed by atoms with Crippen LogP contribution in [0.3, 0.4) is 0 Å². The number of nitrogens with zero attached hydrogens (tertiary/aromatic N) is 1. The minimum atomic E-state index is -0.293. The van der Waals surface area contributed by atoms with Crippen molar-refractivity contribution < 1.29 is 14.3 Å². The van der Waals surface area contributed by atoms with Crippen molar-refractivity contribution in [2.75, 3.05) is 30.9 Å². The predicted octanol–water partition coefficient (Wildman–Crippen LogP) is 4.02. The summed E-state index contributed by atoms with van der Waals surface area (Å²) in [6.07, 6.45) is 0.455. The first-order valence-corrected chi connectivity index (χ1v) is 8.31. The molecule has 0 aliphatic heterocycles. The number of ketones is 1. The zero-order valence-corrected chi connectivity index (χ0v) is 15.3. The van der Waals surface area contributed by atoms with E-state index in [1.54, 1.807) is 36.4 Å². The molecule has 1 amide bonds. The normalized spacial score (nSPS) is 10.2. The molecule has 2 rings (SSSR count). The zero-order chi connectivity index (χ0) is 18.4. The molecule has 2 aromatic carbocycles. The summed E-state index contributed by atoms with van der Waals surface area (Å²) in [6, 6.07) is 12.0. The van der Waals surface area contributed by atoms with Gasteiger partial charge in [0.1, 0.15) is 5.75 Å². The number of Topliss-reactive ketones (excluding diaryl/α,β-unsaturated/α-hetero) is 1. The molecule has 0 heterocycles. The molecule has 0 aliphatic carbocycles. The third kappa shape index (κ3) is 5.22. The highest BCUT2D eigenvalue weighted by atomic mass is 35.5. The Hall–Kier alpha value is -2.53. The SMILES string of the molecule is CCC(=O)c1ccc(OCC(=O)Nc2cc(Cl)ccc2N(C)C)cc1. The van der Waals surface area contributed by atoms with Crippen LogP contribution < -0.4 is 15.0 Å². The van der Waals surface area contributed by atoms with Gasteiger partial charge in [-0.15, -0.1) is 0 Å². The highest BCUT2D eigenvalue weighted by Crippen LogP contribution is 2.27. The fourth-order valence-corrected chi connectivity index (χ4v) is 2.45. The lowest BCUT2D eigenvalue weighted by atomic mass is 10.1. The quantitative estimate of drug-likeness (QED) is 0.758. The second-order valence-electron chi connectivity index (χ2n) is 5.69. The second kappa shape index (κ2) is 8.53. The largest absolute Gasteiger partial charge is 0.484 e. The third-order valence-corrected chi connectivity index (χ3v) is 3.82. The van der Waals surface area contributed by atoms with Gasteiger partial charge in [0.15, 0.2) is 12.4 Å². The van der Waals surface area contributed by atoms with E-state index in [1.807, 2.05) is 32.0 Å². The number of carbonyl (C=O) groups excluding carboxylic acids is 2. The van der Waals surface area contributed by atoms with E-state index >= 15 is 0 Å². The van der Waals surface area contributed by atoms with Crippen LogP contribution in [0.2, 0.25) is 5.02 Å². The van der Waals surface area contributed by atoms with E-state index in [2.05, 4.69) is 5.32 Å². The molecule has 0 unspecified atom stereocenters. The maximum atomic E-state index is 12.1. The molecule has 2 aromatic rings. The molecular weight excluding hydrogens is 340 g/mol. The number of rotatable bonds is 7. The molecule has 0 radical (unpaired) electrons. The molecule has 1 N–H and O–H groups in total. The Labute approximate surface area is 152 Å². The van der Waals surface area contributed by atoms with Crippen molar-refractivity contribution in [2.45, 2.75) is 13.3 Å². The molecule has 25 heavy (non-hydrogen) atoms. The molecule has 0 aliphatic rings. The van der Waals surface area contributed by atoms with E-state index < -0.39 is 0 Å². The summed E-state index contributed by atoms with van der Waals surface area (Å²) < 4.78 is 5.47. The number of hydrogen-bond donors (Lipinski definition) is 1. The van der Waals surface area contributed by atoms with Crippen molar-refractivity contribution in [3.05, 3.63) is 53.1 Å². The van der Waals surface area contributed by atoms with Crippen LogP contribution >= 0.6 is 11.6 Å². The van der Waals surface area contributed by atoms with Gasteiger partial charge < -0.3 is 15.0 Å². The molecule has 0 fully saturated rings. The molecule has 132 valence electrons. The lowest BCUT2D eigenvalue weighted by Crippen LogP contribution is -2.22. The van der Waals surface area contributed by atoms with E-state index in [4.69, 9.17) is 16.3 Å². The summed E-state index contributed by atoms with van der Waals surface area (Å²) in [5.74, 6) is 0.308. The molecule has 6 heteroatoms. The fraction of sp³-hybridized carbons (Fsp3) is 0.263. The average Bonchev–Trinajstić information content (AvgIpc) is 2.59. The van der Waals surface area contributed by atoms with Gasteiger partial charge in [-0.2, -0.15) is 0 Å².